The molecular formula is C8H12N2O2. The van der Waals surface area contributed by atoms with Crippen LogP contribution in [0.4, 0.5) is 5.82 Å². The number of nitrogens with two attached hydrogens (primary N) is 1. The molecule has 12 heavy (non-hydrogen) atoms. The minimum absolute atomic E-state index is 0.347. The molecule has 2 N–H and O–H groups in total. The first-order chi connectivity index (χ1) is 5.70. The topological polar surface area (TPSA) is 57.4 Å². The molecule has 1 heterocycles. The molecule has 0 amide bonds. The summed E-state index contributed by atoms with van der Waals surface area (Å²) in [6.07, 6.45) is 1.65. The van der Waals surface area contributed by atoms with E-state index in [4.69, 9.17) is 15.2 Å². The number of nitrogens with zero attached hydrogens (tertiary/aromatic N) is 1. The van der Waals surface area contributed by atoms with Crippen molar-refractivity contribution in [3.63, 3.8) is 0 Å². The number of nitrogen functional groups attached to an aromatic ring is 1. The molecule has 0 radical (unpaired) electrons. The fourth-order valence-electron chi connectivity index (χ4n) is 1.03. The van der Waals surface area contributed by atoms with E-state index >= 15 is 0 Å². The number of pyridine rings is 1. The van der Waals surface area contributed by atoms with Crippen LogP contribution in [-0.4, -0.2) is 19.2 Å². The van der Waals surface area contributed by atoms with Gasteiger partial charge in [-0.3, -0.25) is 0 Å². The lowest BCUT2D eigenvalue weighted by Crippen LogP contribution is -2.00. The number of aromatic nitrogens is 1. The summed E-state index contributed by atoms with van der Waals surface area (Å²) in [5.74, 6) is 1.49. The lowest BCUT2D eigenvalue weighted by atomic mass is 10.2. The van der Waals surface area contributed by atoms with Crippen LogP contribution in [0.1, 0.15) is 5.56 Å². The fraction of sp³-hybridized carbons (Fsp3) is 0.375. The standard InChI is InChI=1S/C8H12N2O2/c1-5-4-10-8(9)7(12-3)6(5)11-2/h4H,1-3H3,(H2,9,10). The van der Waals surface area contributed by atoms with E-state index in [0.29, 0.717) is 17.3 Å². The molecule has 66 valence electrons. The van der Waals surface area contributed by atoms with Crippen LogP contribution in [0.3, 0.4) is 0 Å². The van der Waals surface area contributed by atoms with Crippen LogP contribution in [0.5, 0.6) is 11.5 Å². The maximum Gasteiger partial charge on any atom is 0.203 e. The highest BCUT2D eigenvalue weighted by atomic mass is 16.5. The van der Waals surface area contributed by atoms with E-state index in [1.807, 2.05) is 6.92 Å². The van der Waals surface area contributed by atoms with Gasteiger partial charge in [0.25, 0.3) is 0 Å². The van der Waals surface area contributed by atoms with Crippen molar-refractivity contribution in [1.82, 2.24) is 4.98 Å². The molecule has 0 aliphatic rings. The highest BCUT2D eigenvalue weighted by Gasteiger charge is 2.10. The number of hydrogen-bond donors (Lipinski definition) is 1. The number of aryl methyl sites for hydroxylation is 1. The molecule has 0 unspecified atom stereocenters. The molecule has 0 fully saturated rings. The molecule has 0 spiro atoms. The zero-order valence-electron chi connectivity index (χ0n) is 7.42. The van der Waals surface area contributed by atoms with E-state index in [1.54, 1.807) is 13.3 Å². The first-order valence-corrected chi connectivity index (χ1v) is 3.53. The van der Waals surface area contributed by atoms with Gasteiger partial charge in [0.05, 0.1) is 14.2 Å². The Morgan fingerprint density at radius 3 is 2.25 bits per heavy atom. The van der Waals surface area contributed by atoms with Crippen LogP contribution >= 0.6 is 0 Å². The summed E-state index contributed by atoms with van der Waals surface area (Å²) in [5, 5.41) is 0. The molecule has 0 aliphatic heterocycles. The van der Waals surface area contributed by atoms with Gasteiger partial charge in [-0.15, -0.1) is 0 Å². The smallest absolute Gasteiger partial charge is 0.203 e. The number of hydrogen-bond acceptors (Lipinski definition) is 4. The van der Waals surface area contributed by atoms with E-state index in [2.05, 4.69) is 4.98 Å². The zero-order valence-corrected chi connectivity index (χ0v) is 7.42. The number of anilines is 1. The van der Waals surface area contributed by atoms with E-state index < -0.39 is 0 Å². The third kappa shape index (κ3) is 1.28. The van der Waals surface area contributed by atoms with Crippen molar-refractivity contribution in [1.29, 1.82) is 0 Å². The van der Waals surface area contributed by atoms with Crippen LogP contribution in [-0.2, 0) is 0 Å². The van der Waals surface area contributed by atoms with Crippen molar-refractivity contribution in [2.24, 2.45) is 0 Å². The summed E-state index contributed by atoms with van der Waals surface area (Å²) >= 11 is 0. The maximum absolute atomic E-state index is 5.56. The van der Waals surface area contributed by atoms with Crippen molar-refractivity contribution >= 4 is 5.82 Å². The number of rotatable bonds is 2. The largest absolute Gasteiger partial charge is 0.492 e. The molecule has 0 atom stereocenters. The third-order valence-corrected chi connectivity index (χ3v) is 1.60. The van der Waals surface area contributed by atoms with Crippen molar-refractivity contribution < 1.29 is 9.47 Å². The zero-order chi connectivity index (χ0) is 9.14. The van der Waals surface area contributed by atoms with Crippen LogP contribution in [0.2, 0.25) is 0 Å². The Kier molecular flexibility index (Phi) is 2.38. The Bertz CT molecular complexity index is 258. The Balaban J connectivity index is 3.28. The second-order valence-corrected chi connectivity index (χ2v) is 2.39. The summed E-state index contributed by atoms with van der Waals surface area (Å²) in [6, 6.07) is 0. The summed E-state index contributed by atoms with van der Waals surface area (Å²) < 4.78 is 10.1. The lowest BCUT2D eigenvalue weighted by Gasteiger charge is -2.10. The monoisotopic (exact) mass is 168 g/mol. The van der Waals surface area contributed by atoms with E-state index in [1.165, 1.54) is 7.11 Å². The van der Waals surface area contributed by atoms with Gasteiger partial charge in [0.1, 0.15) is 0 Å². The molecule has 1 aromatic rings. The Morgan fingerprint density at radius 1 is 1.25 bits per heavy atom. The van der Waals surface area contributed by atoms with Crippen molar-refractivity contribution in [3.8, 4) is 11.5 Å². The van der Waals surface area contributed by atoms with E-state index in [9.17, 15) is 0 Å². The van der Waals surface area contributed by atoms with Crippen molar-refractivity contribution in [2.75, 3.05) is 20.0 Å². The van der Waals surface area contributed by atoms with Crippen molar-refractivity contribution in [3.05, 3.63) is 11.8 Å². The van der Waals surface area contributed by atoms with Gasteiger partial charge in [-0.1, -0.05) is 0 Å². The first kappa shape index (κ1) is 8.64. The normalized spacial score (nSPS) is 9.58. The molecule has 1 aromatic heterocycles. The van der Waals surface area contributed by atoms with Gasteiger partial charge in [0, 0.05) is 11.8 Å². The van der Waals surface area contributed by atoms with Gasteiger partial charge < -0.3 is 15.2 Å². The summed E-state index contributed by atoms with van der Waals surface area (Å²) in [6.45, 7) is 1.88. The summed E-state index contributed by atoms with van der Waals surface area (Å²) in [7, 11) is 3.11. The van der Waals surface area contributed by atoms with Crippen LogP contribution < -0.4 is 15.2 Å². The van der Waals surface area contributed by atoms with Crippen LogP contribution in [0.15, 0.2) is 6.20 Å². The average Bonchev–Trinajstić information content (AvgIpc) is 2.08. The van der Waals surface area contributed by atoms with Gasteiger partial charge >= 0.3 is 0 Å². The van der Waals surface area contributed by atoms with Crippen LogP contribution in [0, 0.1) is 6.92 Å². The molecule has 0 saturated carbocycles. The van der Waals surface area contributed by atoms with Gasteiger partial charge in [0.2, 0.25) is 5.75 Å². The average molecular weight is 168 g/mol. The quantitative estimate of drug-likeness (QED) is 0.715. The predicted octanol–water partition coefficient (Wildman–Crippen LogP) is 0.989. The Morgan fingerprint density at radius 2 is 1.83 bits per heavy atom. The number of methoxy groups -OCH3 is 2. The van der Waals surface area contributed by atoms with Gasteiger partial charge in [-0.2, -0.15) is 0 Å². The summed E-state index contributed by atoms with van der Waals surface area (Å²) in [4.78, 5) is 3.93. The minimum atomic E-state index is 0.347. The van der Waals surface area contributed by atoms with Gasteiger partial charge in [-0.25, -0.2) is 4.98 Å². The predicted molar refractivity (Wildman–Crippen MR) is 46.5 cm³/mol. The lowest BCUT2D eigenvalue weighted by molar-refractivity contribution is 0.353. The minimum Gasteiger partial charge on any atom is -0.492 e. The third-order valence-electron chi connectivity index (χ3n) is 1.60. The van der Waals surface area contributed by atoms with E-state index in [0.717, 1.165) is 5.56 Å². The van der Waals surface area contributed by atoms with Crippen molar-refractivity contribution in [2.45, 2.75) is 6.92 Å². The molecule has 4 nitrogen and oxygen atoms in total. The molecule has 1 rings (SSSR count). The van der Waals surface area contributed by atoms with E-state index in [-0.39, 0.29) is 0 Å². The molecule has 0 bridgehead atoms. The first-order valence-electron chi connectivity index (χ1n) is 3.53. The molecule has 0 aliphatic carbocycles. The van der Waals surface area contributed by atoms with Gasteiger partial charge in [0.15, 0.2) is 11.6 Å². The van der Waals surface area contributed by atoms with Gasteiger partial charge in [-0.05, 0) is 6.92 Å². The Hall–Kier alpha value is -1.45. The highest BCUT2D eigenvalue weighted by Crippen LogP contribution is 2.33. The Labute approximate surface area is 71.3 Å². The molecule has 4 heteroatoms. The second-order valence-electron chi connectivity index (χ2n) is 2.39. The summed E-state index contributed by atoms with van der Waals surface area (Å²) in [5.41, 5.74) is 6.47. The number of ether oxygens (including phenoxy) is 2. The second kappa shape index (κ2) is 3.30. The highest BCUT2D eigenvalue weighted by molar-refractivity contribution is 5.57. The fourth-order valence-corrected chi connectivity index (χ4v) is 1.03. The molecule has 0 saturated heterocycles. The maximum atomic E-state index is 5.56. The molecular weight excluding hydrogens is 156 g/mol. The molecule has 0 aromatic carbocycles. The SMILES string of the molecule is COc1c(C)cnc(N)c1OC. The van der Waals surface area contributed by atoms with Crippen LogP contribution in [0.25, 0.3) is 0 Å².